The zero-order valence-electron chi connectivity index (χ0n) is 12.2. The summed E-state index contributed by atoms with van der Waals surface area (Å²) in [6, 6.07) is 6.43. The van der Waals surface area contributed by atoms with Gasteiger partial charge in [0.1, 0.15) is 11.5 Å². The van der Waals surface area contributed by atoms with Gasteiger partial charge in [-0.1, -0.05) is 12.1 Å². The molecule has 1 aromatic heterocycles. The average Bonchev–Trinajstić information content (AvgIpc) is 3.10. The summed E-state index contributed by atoms with van der Waals surface area (Å²) in [5.41, 5.74) is 2.56. The van der Waals surface area contributed by atoms with Gasteiger partial charge in [-0.05, 0) is 37.8 Å². The van der Waals surface area contributed by atoms with Crippen LogP contribution in [0.25, 0.3) is 5.69 Å². The number of para-hydroxylation sites is 1. The van der Waals surface area contributed by atoms with E-state index in [4.69, 9.17) is 5.11 Å². The smallest absolute Gasteiger partial charge is 0.272 e. The molecule has 2 N–H and O–H groups in total. The molecule has 1 heterocycles. The van der Waals surface area contributed by atoms with Gasteiger partial charge in [0.2, 0.25) is 0 Å². The number of carbonyl (C=O) groups is 1. The van der Waals surface area contributed by atoms with E-state index in [2.05, 4.69) is 10.4 Å². The van der Waals surface area contributed by atoms with E-state index in [1.54, 1.807) is 22.9 Å². The van der Waals surface area contributed by atoms with Crippen molar-refractivity contribution in [3.8, 4) is 5.69 Å². The second kappa shape index (κ2) is 6.27. The number of carbonyl (C=O) groups excluding carboxylic acids is 1. The summed E-state index contributed by atoms with van der Waals surface area (Å²) in [6.45, 7) is 0.429. The number of benzene rings is 1. The molecule has 1 aliphatic carbocycles. The van der Waals surface area contributed by atoms with Crippen LogP contribution in [0.1, 0.15) is 34.6 Å². The monoisotopic (exact) mass is 303 g/mol. The van der Waals surface area contributed by atoms with E-state index >= 15 is 0 Å². The minimum Gasteiger partial charge on any atom is -0.396 e. The van der Waals surface area contributed by atoms with Crippen LogP contribution < -0.4 is 5.32 Å². The molecule has 1 aliphatic rings. The SMILES string of the molecule is O=C(NCCCO)c1nn(-c2ccccc2F)c2c1CCC2. The van der Waals surface area contributed by atoms with Crippen LogP contribution in [0.3, 0.4) is 0 Å². The summed E-state index contributed by atoms with van der Waals surface area (Å²) in [4.78, 5) is 12.2. The fourth-order valence-corrected chi connectivity index (χ4v) is 2.81. The summed E-state index contributed by atoms with van der Waals surface area (Å²) >= 11 is 0. The summed E-state index contributed by atoms with van der Waals surface area (Å²) in [5.74, 6) is -0.617. The molecule has 2 aromatic rings. The zero-order valence-corrected chi connectivity index (χ0v) is 12.2. The van der Waals surface area contributed by atoms with Gasteiger partial charge in [-0.15, -0.1) is 0 Å². The lowest BCUT2D eigenvalue weighted by atomic mass is 10.2. The van der Waals surface area contributed by atoms with Crippen molar-refractivity contribution in [3.63, 3.8) is 0 Å². The second-order valence-electron chi connectivity index (χ2n) is 5.32. The molecule has 116 valence electrons. The first kappa shape index (κ1) is 14.7. The summed E-state index contributed by atoms with van der Waals surface area (Å²) in [7, 11) is 0. The van der Waals surface area contributed by atoms with E-state index in [0.717, 1.165) is 30.5 Å². The molecule has 0 aliphatic heterocycles. The van der Waals surface area contributed by atoms with Gasteiger partial charge in [-0.2, -0.15) is 5.10 Å². The van der Waals surface area contributed by atoms with Crippen molar-refractivity contribution in [2.45, 2.75) is 25.7 Å². The first-order valence-electron chi connectivity index (χ1n) is 7.47. The fraction of sp³-hybridized carbons (Fsp3) is 0.375. The minimum absolute atomic E-state index is 0.0298. The van der Waals surface area contributed by atoms with Crippen molar-refractivity contribution >= 4 is 5.91 Å². The van der Waals surface area contributed by atoms with Crippen molar-refractivity contribution in [3.05, 3.63) is 47.0 Å². The quantitative estimate of drug-likeness (QED) is 0.825. The molecule has 5 nitrogen and oxygen atoms in total. The van der Waals surface area contributed by atoms with Gasteiger partial charge in [0, 0.05) is 24.4 Å². The summed E-state index contributed by atoms with van der Waals surface area (Å²) in [5, 5.41) is 15.9. The first-order valence-corrected chi connectivity index (χ1v) is 7.47. The van der Waals surface area contributed by atoms with Gasteiger partial charge in [-0.25, -0.2) is 9.07 Å². The number of halogens is 1. The van der Waals surface area contributed by atoms with Crippen LogP contribution in [-0.4, -0.2) is 33.9 Å². The van der Waals surface area contributed by atoms with Crippen LogP contribution >= 0.6 is 0 Å². The highest BCUT2D eigenvalue weighted by molar-refractivity contribution is 5.94. The van der Waals surface area contributed by atoms with E-state index in [-0.39, 0.29) is 18.3 Å². The maximum atomic E-state index is 14.0. The van der Waals surface area contributed by atoms with E-state index in [9.17, 15) is 9.18 Å². The molecular formula is C16H18FN3O2. The number of hydrogen-bond acceptors (Lipinski definition) is 3. The molecule has 1 amide bonds. The molecule has 0 radical (unpaired) electrons. The Morgan fingerprint density at radius 1 is 1.36 bits per heavy atom. The number of aliphatic hydroxyl groups excluding tert-OH is 1. The molecule has 6 heteroatoms. The van der Waals surface area contributed by atoms with Gasteiger partial charge < -0.3 is 10.4 Å². The molecule has 22 heavy (non-hydrogen) atoms. The standard InChI is InChI=1S/C16H18FN3O2/c17-12-6-1-2-7-14(12)20-13-8-3-5-11(13)15(19-20)16(22)18-9-4-10-21/h1-2,6-7,21H,3-5,8-10H2,(H,18,22). The third kappa shape index (κ3) is 2.62. The third-order valence-corrected chi connectivity index (χ3v) is 3.85. The number of hydrogen-bond donors (Lipinski definition) is 2. The van der Waals surface area contributed by atoms with Crippen molar-refractivity contribution in [1.29, 1.82) is 0 Å². The Hall–Kier alpha value is -2.21. The molecule has 0 fully saturated rings. The lowest BCUT2D eigenvalue weighted by Gasteiger charge is -2.06. The van der Waals surface area contributed by atoms with Gasteiger partial charge in [-0.3, -0.25) is 4.79 Å². The molecule has 0 atom stereocenters. The molecule has 0 saturated carbocycles. The lowest BCUT2D eigenvalue weighted by Crippen LogP contribution is -2.26. The second-order valence-corrected chi connectivity index (χ2v) is 5.32. The normalized spacial score (nSPS) is 13.2. The number of aromatic nitrogens is 2. The highest BCUT2D eigenvalue weighted by atomic mass is 19.1. The summed E-state index contributed by atoms with van der Waals surface area (Å²) < 4.78 is 15.6. The molecule has 1 aromatic carbocycles. The van der Waals surface area contributed by atoms with Crippen LogP contribution in [0.15, 0.2) is 24.3 Å². The number of nitrogens with one attached hydrogen (secondary N) is 1. The lowest BCUT2D eigenvalue weighted by molar-refractivity contribution is 0.0945. The van der Waals surface area contributed by atoms with E-state index < -0.39 is 0 Å². The number of rotatable bonds is 5. The van der Waals surface area contributed by atoms with Crippen LogP contribution in [0.2, 0.25) is 0 Å². The van der Waals surface area contributed by atoms with Crippen molar-refractivity contribution in [2.75, 3.05) is 13.2 Å². The Kier molecular flexibility index (Phi) is 4.20. The Morgan fingerprint density at radius 3 is 2.95 bits per heavy atom. The average molecular weight is 303 g/mol. The van der Waals surface area contributed by atoms with Gasteiger partial charge in [0.25, 0.3) is 5.91 Å². The highest BCUT2D eigenvalue weighted by Crippen LogP contribution is 2.28. The Bertz CT molecular complexity index is 697. The molecule has 0 spiro atoms. The predicted octanol–water partition coefficient (Wildman–Crippen LogP) is 1.61. The maximum Gasteiger partial charge on any atom is 0.272 e. The largest absolute Gasteiger partial charge is 0.396 e. The first-order chi connectivity index (χ1) is 10.7. The van der Waals surface area contributed by atoms with Gasteiger partial charge >= 0.3 is 0 Å². The zero-order chi connectivity index (χ0) is 15.5. The maximum absolute atomic E-state index is 14.0. The van der Waals surface area contributed by atoms with Gasteiger partial charge in [0.15, 0.2) is 5.69 Å². The molecule has 0 unspecified atom stereocenters. The highest BCUT2D eigenvalue weighted by Gasteiger charge is 2.27. The van der Waals surface area contributed by atoms with Crippen LogP contribution in [0.4, 0.5) is 4.39 Å². The van der Waals surface area contributed by atoms with Crippen LogP contribution in [-0.2, 0) is 12.8 Å². The number of nitrogens with zero attached hydrogens (tertiary/aromatic N) is 2. The predicted molar refractivity (Wildman–Crippen MR) is 79.6 cm³/mol. The minimum atomic E-state index is -0.355. The van der Waals surface area contributed by atoms with Crippen molar-refractivity contribution < 1.29 is 14.3 Å². The number of aliphatic hydroxyl groups is 1. The Labute approximate surface area is 127 Å². The number of fused-ring (bicyclic) bond motifs is 1. The molecular weight excluding hydrogens is 285 g/mol. The molecule has 0 bridgehead atoms. The van der Waals surface area contributed by atoms with Crippen LogP contribution in [0, 0.1) is 5.82 Å². The van der Waals surface area contributed by atoms with E-state index in [0.29, 0.717) is 24.3 Å². The van der Waals surface area contributed by atoms with Crippen LogP contribution in [0.5, 0.6) is 0 Å². The van der Waals surface area contributed by atoms with Crippen molar-refractivity contribution in [2.24, 2.45) is 0 Å². The van der Waals surface area contributed by atoms with Crippen molar-refractivity contribution in [1.82, 2.24) is 15.1 Å². The topological polar surface area (TPSA) is 67.2 Å². The Morgan fingerprint density at radius 2 is 2.18 bits per heavy atom. The Balaban J connectivity index is 1.95. The van der Waals surface area contributed by atoms with E-state index in [1.165, 1.54) is 6.07 Å². The number of amides is 1. The van der Waals surface area contributed by atoms with Gasteiger partial charge in [0.05, 0.1) is 0 Å². The molecule has 0 saturated heterocycles. The third-order valence-electron chi connectivity index (χ3n) is 3.85. The summed E-state index contributed by atoms with van der Waals surface area (Å²) in [6.07, 6.45) is 3.02. The fourth-order valence-electron chi connectivity index (χ4n) is 2.81. The molecule has 3 rings (SSSR count). The van der Waals surface area contributed by atoms with E-state index in [1.807, 2.05) is 0 Å².